The molecule has 3 N–H and O–H groups in total. The van der Waals surface area contributed by atoms with Gasteiger partial charge in [0.15, 0.2) is 0 Å². The molecule has 0 bridgehead atoms. The second kappa shape index (κ2) is 7.90. The second-order valence-corrected chi connectivity index (χ2v) is 5.53. The molecule has 0 atom stereocenters. The van der Waals surface area contributed by atoms with Crippen molar-refractivity contribution in [2.24, 2.45) is 0 Å². The van der Waals surface area contributed by atoms with Gasteiger partial charge in [-0.2, -0.15) is 0 Å². The summed E-state index contributed by atoms with van der Waals surface area (Å²) in [5, 5.41) is 4.51. The number of nitrogens with one attached hydrogen (secondary N) is 3. The number of hydrazine groups is 1. The normalized spacial score (nSPS) is 10.3. The first-order chi connectivity index (χ1) is 11.0. The van der Waals surface area contributed by atoms with Crippen molar-refractivity contribution < 1.29 is 14.4 Å². The second-order valence-electron chi connectivity index (χ2n) is 4.55. The van der Waals surface area contributed by atoms with Crippen molar-refractivity contribution in [3.63, 3.8) is 0 Å². The van der Waals surface area contributed by atoms with Crippen LogP contribution in [0.5, 0.6) is 0 Å². The molecule has 2 rings (SSSR count). The van der Waals surface area contributed by atoms with E-state index < -0.39 is 11.8 Å². The summed E-state index contributed by atoms with van der Waals surface area (Å²) < 4.78 is 0. The molecule has 0 aliphatic carbocycles. The fraction of sp³-hybridized carbons (Fsp3) is 0.0625. The molecule has 0 spiro atoms. The number of thiophene rings is 1. The Morgan fingerprint density at radius 2 is 1.78 bits per heavy atom. The lowest BCUT2D eigenvalue weighted by molar-refractivity contribution is -0.117. The molecule has 0 radical (unpaired) electrons. The summed E-state index contributed by atoms with van der Waals surface area (Å²) >= 11 is 1.51. The molecule has 7 heteroatoms. The average molecular weight is 329 g/mol. The van der Waals surface area contributed by atoms with Gasteiger partial charge in [0, 0.05) is 29.1 Å². The highest BCUT2D eigenvalue weighted by Crippen LogP contribution is 2.10. The van der Waals surface area contributed by atoms with E-state index in [0.29, 0.717) is 11.3 Å². The van der Waals surface area contributed by atoms with Gasteiger partial charge in [-0.15, -0.1) is 11.3 Å². The predicted molar refractivity (Wildman–Crippen MR) is 89.7 cm³/mol. The quantitative estimate of drug-likeness (QED) is 0.593. The minimum absolute atomic E-state index is 0.188. The standard InChI is InChI=1S/C16H15N3O3S/c1-11(20)17-13-6-4-12(5-7-13)16(22)19-18-15(21)9-8-14-3-2-10-23-14/h2-10H,1H3,(H,17,20)(H,18,21)(H,19,22). The molecule has 0 fully saturated rings. The number of hydrogen-bond donors (Lipinski definition) is 3. The molecule has 0 saturated heterocycles. The van der Waals surface area contributed by atoms with Crippen molar-refractivity contribution in [1.82, 2.24) is 10.9 Å². The van der Waals surface area contributed by atoms with E-state index >= 15 is 0 Å². The lowest BCUT2D eigenvalue weighted by Crippen LogP contribution is -2.40. The van der Waals surface area contributed by atoms with Crippen LogP contribution in [-0.2, 0) is 9.59 Å². The maximum Gasteiger partial charge on any atom is 0.269 e. The van der Waals surface area contributed by atoms with E-state index in [1.54, 1.807) is 30.3 Å². The lowest BCUT2D eigenvalue weighted by Gasteiger charge is -2.06. The van der Waals surface area contributed by atoms with E-state index in [9.17, 15) is 14.4 Å². The SMILES string of the molecule is CC(=O)Nc1ccc(C(=O)NNC(=O)C=Cc2cccs2)cc1. The van der Waals surface area contributed by atoms with Crippen LogP contribution in [0.15, 0.2) is 47.9 Å². The van der Waals surface area contributed by atoms with Crippen LogP contribution in [0.3, 0.4) is 0 Å². The number of carbonyl (C=O) groups is 3. The van der Waals surface area contributed by atoms with Gasteiger partial charge in [0.25, 0.3) is 11.8 Å². The number of carbonyl (C=O) groups excluding carboxylic acids is 3. The van der Waals surface area contributed by atoms with E-state index in [-0.39, 0.29) is 5.91 Å². The smallest absolute Gasteiger partial charge is 0.269 e. The molecular weight excluding hydrogens is 314 g/mol. The summed E-state index contributed by atoms with van der Waals surface area (Å²) in [4.78, 5) is 35.3. The molecule has 0 saturated carbocycles. The van der Waals surface area contributed by atoms with Gasteiger partial charge < -0.3 is 5.32 Å². The van der Waals surface area contributed by atoms with Crippen LogP contribution < -0.4 is 16.2 Å². The Morgan fingerprint density at radius 1 is 1.04 bits per heavy atom. The summed E-state index contributed by atoms with van der Waals surface area (Å²) in [6.45, 7) is 1.40. The molecule has 2 aromatic rings. The van der Waals surface area contributed by atoms with E-state index in [0.717, 1.165) is 4.88 Å². The van der Waals surface area contributed by atoms with Crippen LogP contribution in [0.1, 0.15) is 22.2 Å². The topological polar surface area (TPSA) is 87.3 Å². The van der Waals surface area contributed by atoms with E-state index in [1.807, 2.05) is 17.5 Å². The van der Waals surface area contributed by atoms with Crippen LogP contribution in [0, 0.1) is 0 Å². The maximum absolute atomic E-state index is 11.9. The molecule has 1 aromatic carbocycles. The molecule has 1 heterocycles. The summed E-state index contributed by atoms with van der Waals surface area (Å²) in [6.07, 6.45) is 3.00. The Balaban J connectivity index is 1.84. The third-order valence-electron chi connectivity index (χ3n) is 2.71. The number of hydrogen-bond acceptors (Lipinski definition) is 4. The van der Waals surface area contributed by atoms with Crippen molar-refractivity contribution in [1.29, 1.82) is 0 Å². The minimum atomic E-state index is -0.447. The first kappa shape index (κ1) is 16.4. The fourth-order valence-corrected chi connectivity index (χ4v) is 2.30. The molecule has 0 aliphatic heterocycles. The highest BCUT2D eigenvalue weighted by atomic mass is 32.1. The summed E-state index contributed by atoms with van der Waals surface area (Å²) in [7, 11) is 0. The monoisotopic (exact) mass is 329 g/mol. The largest absolute Gasteiger partial charge is 0.326 e. The Labute approximate surface area is 137 Å². The van der Waals surface area contributed by atoms with Gasteiger partial charge in [-0.3, -0.25) is 25.2 Å². The van der Waals surface area contributed by atoms with E-state index in [1.165, 1.54) is 24.3 Å². The van der Waals surface area contributed by atoms with E-state index in [4.69, 9.17) is 0 Å². The molecule has 1 aromatic heterocycles. The molecule has 6 nitrogen and oxygen atoms in total. The maximum atomic E-state index is 11.9. The van der Waals surface area contributed by atoms with Crippen LogP contribution in [0.25, 0.3) is 6.08 Å². The van der Waals surface area contributed by atoms with Gasteiger partial charge in [-0.05, 0) is 41.8 Å². The molecule has 0 aliphatic rings. The first-order valence-electron chi connectivity index (χ1n) is 6.74. The number of rotatable bonds is 4. The van der Waals surface area contributed by atoms with Crippen molar-refractivity contribution in [2.45, 2.75) is 6.92 Å². The summed E-state index contributed by atoms with van der Waals surface area (Å²) in [6, 6.07) is 10.1. The van der Waals surface area contributed by atoms with Crippen molar-refractivity contribution >= 4 is 40.8 Å². The zero-order valence-corrected chi connectivity index (χ0v) is 13.1. The van der Waals surface area contributed by atoms with Crippen molar-refractivity contribution in [3.8, 4) is 0 Å². The predicted octanol–water partition coefficient (Wildman–Crippen LogP) is 2.18. The summed E-state index contributed by atoms with van der Waals surface area (Å²) in [5.41, 5.74) is 5.57. The Hall–Kier alpha value is -2.93. The highest BCUT2D eigenvalue weighted by molar-refractivity contribution is 7.10. The van der Waals surface area contributed by atoms with Gasteiger partial charge in [0.05, 0.1) is 0 Å². The zero-order chi connectivity index (χ0) is 16.7. The van der Waals surface area contributed by atoms with Crippen LogP contribution in [-0.4, -0.2) is 17.7 Å². The average Bonchev–Trinajstić information content (AvgIpc) is 3.04. The molecule has 3 amide bonds. The Kier molecular flexibility index (Phi) is 5.65. The third kappa shape index (κ3) is 5.40. The van der Waals surface area contributed by atoms with Crippen LogP contribution in [0.2, 0.25) is 0 Å². The minimum Gasteiger partial charge on any atom is -0.326 e. The van der Waals surface area contributed by atoms with Gasteiger partial charge in [0.1, 0.15) is 0 Å². The summed E-state index contributed by atoms with van der Waals surface area (Å²) in [5.74, 6) is -1.06. The van der Waals surface area contributed by atoms with Gasteiger partial charge in [0.2, 0.25) is 5.91 Å². The Bertz CT molecular complexity index is 722. The molecule has 23 heavy (non-hydrogen) atoms. The Morgan fingerprint density at radius 3 is 2.39 bits per heavy atom. The number of anilines is 1. The highest BCUT2D eigenvalue weighted by Gasteiger charge is 2.06. The van der Waals surface area contributed by atoms with Crippen molar-refractivity contribution in [3.05, 3.63) is 58.3 Å². The number of amides is 3. The first-order valence-corrected chi connectivity index (χ1v) is 7.62. The van der Waals surface area contributed by atoms with Crippen LogP contribution >= 0.6 is 11.3 Å². The fourth-order valence-electron chi connectivity index (χ4n) is 1.68. The van der Waals surface area contributed by atoms with Crippen molar-refractivity contribution in [2.75, 3.05) is 5.32 Å². The number of benzene rings is 1. The molecule has 118 valence electrons. The van der Waals surface area contributed by atoms with Gasteiger partial charge in [-0.1, -0.05) is 6.07 Å². The lowest BCUT2D eigenvalue weighted by atomic mass is 10.2. The zero-order valence-electron chi connectivity index (χ0n) is 12.3. The van der Waals surface area contributed by atoms with E-state index in [2.05, 4.69) is 16.2 Å². The molecule has 0 unspecified atom stereocenters. The van der Waals surface area contributed by atoms with Crippen LogP contribution in [0.4, 0.5) is 5.69 Å². The van der Waals surface area contributed by atoms with Gasteiger partial charge in [-0.25, -0.2) is 0 Å². The van der Waals surface area contributed by atoms with Gasteiger partial charge >= 0.3 is 0 Å². The molecular formula is C16H15N3O3S. The third-order valence-corrected chi connectivity index (χ3v) is 3.55.